The minimum Gasteiger partial charge on any atom is -0.471 e. The fourth-order valence-electron chi connectivity index (χ4n) is 4.70. The number of amides is 1. The molecular formula is C25H30F3N3O4. The molecule has 3 N–H and O–H groups in total. The Kier molecular flexibility index (Phi) is 7.23. The molecule has 1 spiro atoms. The molecular weight excluding hydrogens is 463 g/mol. The van der Waals surface area contributed by atoms with Crippen LogP contribution in [0.15, 0.2) is 36.5 Å². The number of aromatic nitrogens is 1. The van der Waals surface area contributed by atoms with Crippen LogP contribution in [0.3, 0.4) is 0 Å². The molecule has 3 atom stereocenters. The van der Waals surface area contributed by atoms with Crippen LogP contribution in [-0.2, 0) is 11.2 Å². The molecule has 2 heterocycles. The zero-order valence-corrected chi connectivity index (χ0v) is 19.7. The molecule has 190 valence electrons. The Hall–Kier alpha value is -2.85. The Morgan fingerprint density at radius 1 is 1.37 bits per heavy atom. The van der Waals surface area contributed by atoms with Gasteiger partial charge in [-0.2, -0.15) is 8.78 Å². The fraction of sp³-hybridized carbons (Fsp3) is 0.520. The summed E-state index contributed by atoms with van der Waals surface area (Å²) in [6.45, 7) is 2.10. The van der Waals surface area contributed by atoms with Crippen LogP contribution < -0.4 is 20.1 Å². The number of aliphatic hydroxyl groups excluding tert-OH is 1. The number of carbonyl (C=O) groups is 1. The van der Waals surface area contributed by atoms with Gasteiger partial charge >= 0.3 is 6.11 Å². The minimum absolute atomic E-state index is 0.0843. The number of hydrogen-bond donors (Lipinski definition) is 3. The van der Waals surface area contributed by atoms with Gasteiger partial charge in [-0.3, -0.25) is 4.79 Å². The molecule has 2 aliphatic rings. The lowest BCUT2D eigenvalue weighted by Crippen LogP contribution is -2.52. The number of rotatable bonds is 9. The molecule has 1 aromatic carbocycles. The van der Waals surface area contributed by atoms with Crippen molar-refractivity contribution in [2.45, 2.75) is 75.8 Å². The van der Waals surface area contributed by atoms with Crippen LogP contribution in [0.1, 0.15) is 56.7 Å². The van der Waals surface area contributed by atoms with E-state index in [-0.39, 0.29) is 36.3 Å². The number of pyridine rings is 1. The normalized spacial score (nSPS) is 20.2. The van der Waals surface area contributed by atoms with Crippen molar-refractivity contribution in [2.24, 2.45) is 0 Å². The highest BCUT2D eigenvalue weighted by Gasteiger charge is 2.46. The van der Waals surface area contributed by atoms with E-state index >= 15 is 0 Å². The Morgan fingerprint density at radius 3 is 2.77 bits per heavy atom. The lowest BCUT2D eigenvalue weighted by atomic mass is 9.73. The monoisotopic (exact) mass is 493 g/mol. The third kappa shape index (κ3) is 6.43. The Balaban J connectivity index is 1.50. The maximum absolute atomic E-state index is 13.6. The van der Waals surface area contributed by atoms with Crippen LogP contribution in [0.4, 0.5) is 13.2 Å². The predicted octanol–water partition coefficient (Wildman–Crippen LogP) is 3.66. The van der Waals surface area contributed by atoms with Crippen LogP contribution in [-0.4, -0.2) is 46.4 Å². The summed E-state index contributed by atoms with van der Waals surface area (Å²) in [4.78, 5) is 16.0. The zero-order valence-electron chi connectivity index (χ0n) is 19.7. The van der Waals surface area contributed by atoms with E-state index in [2.05, 4.69) is 20.4 Å². The van der Waals surface area contributed by atoms with E-state index in [1.54, 1.807) is 12.1 Å². The lowest BCUT2D eigenvalue weighted by Gasteiger charge is -2.47. The number of carbonyl (C=O) groups excluding carboxylic acids is 1. The van der Waals surface area contributed by atoms with Crippen LogP contribution in [0.5, 0.6) is 11.6 Å². The summed E-state index contributed by atoms with van der Waals surface area (Å²) in [6.07, 6.45) is 0.398. The topological polar surface area (TPSA) is 92.7 Å². The standard InChI is InChI=1S/C25H30F3N3O4/c1-15(32)31-20(10-16-5-3-6-17(26)9-16)22(33)14-29-21-12-25(7-4-8-25)35-23-19(21)11-18(13-30-23)34-24(2,27)28/h3,5-6,9,11,13,20-22,29,33H,4,7-8,10,12,14H2,1-2H3,(H,31,32)/t20-,21-,22-/m0/s1. The average Bonchev–Trinajstić information content (AvgIpc) is 2.74. The molecule has 2 aromatic rings. The molecule has 4 rings (SSSR count). The first-order chi connectivity index (χ1) is 16.5. The maximum atomic E-state index is 13.6. The van der Waals surface area contributed by atoms with Gasteiger partial charge in [-0.1, -0.05) is 12.1 Å². The van der Waals surface area contributed by atoms with E-state index in [0.717, 1.165) is 19.3 Å². The second kappa shape index (κ2) is 10.0. The van der Waals surface area contributed by atoms with Crippen molar-refractivity contribution in [1.82, 2.24) is 15.6 Å². The van der Waals surface area contributed by atoms with Crippen LogP contribution in [0.25, 0.3) is 0 Å². The van der Waals surface area contributed by atoms with Crippen molar-refractivity contribution in [3.8, 4) is 11.6 Å². The highest BCUT2D eigenvalue weighted by Crippen LogP contribution is 2.48. The number of aliphatic hydroxyl groups is 1. The van der Waals surface area contributed by atoms with Gasteiger partial charge in [0.05, 0.1) is 18.3 Å². The van der Waals surface area contributed by atoms with Crippen LogP contribution in [0, 0.1) is 5.82 Å². The fourth-order valence-corrected chi connectivity index (χ4v) is 4.70. The maximum Gasteiger partial charge on any atom is 0.394 e. The Bertz CT molecular complexity index is 1060. The van der Waals surface area contributed by atoms with Crippen molar-refractivity contribution < 1.29 is 32.5 Å². The minimum atomic E-state index is -3.36. The summed E-state index contributed by atoms with van der Waals surface area (Å²) in [5.41, 5.74) is 0.829. The zero-order chi connectivity index (χ0) is 25.2. The number of fused-ring (bicyclic) bond motifs is 1. The van der Waals surface area contributed by atoms with E-state index in [1.165, 1.54) is 31.3 Å². The summed E-state index contributed by atoms with van der Waals surface area (Å²) in [5, 5.41) is 17.0. The summed E-state index contributed by atoms with van der Waals surface area (Å²) in [5.74, 6) is -0.446. The third-order valence-corrected chi connectivity index (χ3v) is 6.45. The van der Waals surface area contributed by atoms with Crippen molar-refractivity contribution in [3.63, 3.8) is 0 Å². The summed E-state index contributed by atoms with van der Waals surface area (Å²) in [7, 11) is 0. The number of ether oxygens (including phenoxy) is 2. The highest BCUT2D eigenvalue weighted by atomic mass is 19.3. The van der Waals surface area contributed by atoms with Crippen molar-refractivity contribution in [2.75, 3.05) is 6.54 Å². The molecule has 0 radical (unpaired) electrons. The van der Waals surface area contributed by atoms with Gasteiger partial charge in [0.25, 0.3) is 0 Å². The van der Waals surface area contributed by atoms with E-state index in [9.17, 15) is 23.1 Å². The molecule has 35 heavy (non-hydrogen) atoms. The average molecular weight is 494 g/mol. The summed E-state index contributed by atoms with van der Waals surface area (Å²) in [6, 6.07) is 6.48. The number of hydrogen-bond acceptors (Lipinski definition) is 6. The molecule has 1 aromatic heterocycles. The summed E-state index contributed by atoms with van der Waals surface area (Å²) < 4.78 is 51.2. The molecule has 1 fully saturated rings. The van der Waals surface area contributed by atoms with E-state index in [4.69, 9.17) is 4.74 Å². The van der Waals surface area contributed by atoms with Crippen molar-refractivity contribution in [3.05, 3.63) is 53.5 Å². The van der Waals surface area contributed by atoms with Crippen LogP contribution in [0.2, 0.25) is 0 Å². The van der Waals surface area contributed by atoms with E-state index in [0.29, 0.717) is 30.4 Å². The quantitative estimate of drug-likeness (QED) is 0.494. The Labute approximate surface area is 202 Å². The SMILES string of the molecule is CC(=O)N[C@@H](Cc1cccc(F)c1)[C@@H](O)CN[C@H]1CC2(CCC2)Oc2ncc(OC(C)(F)F)cc21. The first kappa shape index (κ1) is 25.2. The van der Waals surface area contributed by atoms with Crippen LogP contribution >= 0.6 is 0 Å². The first-order valence-corrected chi connectivity index (χ1v) is 11.7. The second-order valence-corrected chi connectivity index (χ2v) is 9.49. The van der Waals surface area contributed by atoms with Gasteiger partial charge in [-0.15, -0.1) is 0 Å². The number of benzene rings is 1. The van der Waals surface area contributed by atoms with Gasteiger partial charge in [-0.05, 0) is 49.4 Å². The Morgan fingerprint density at radius 2 is 2.14 bits per heavy atom. The molecule has 1 aliphatic carbocycles. The molecule has 10 heteroatoms. The lowest BCUT2D eigenvalue weighted by molar-refractivity contribution is -0.159. The van der Waals surface area contributed by atoms with Gasteiger partial charge < -0.3 is 25.2 Å². The van der Waals surface area contributed by atoms with E-state index < -0.39 is 24.1 Å². The number of nitrogens with one attached hydrogen (secondary N) is 2. The van der Waals surface area contributed by atoms with Gasteiger partial charge in [0.1, 0.15) is 17.2 Å². The highest BCUT2D eigenvalue weighted by molar-refractivity contribution is 5.73. The van der Waals surface area contributed by atoms with Crippen molar-refractivity contribution >= 4 is 5.91 Å². The van der Waals surface area contributed by atoms with Gasteiger partial charge in [0.2, 0.25) is 11.8 Å². The van der Waals surface area contributed by atoms with E-state index in [1.807, 2.05) is 0 Å². The third-order valence-electron chi connectivity index (χ3n) is 6.45. The predicted molar refractivity (Wildman–Crippen MR) is 122 cm³/mol. The summed E-state index contributed by atoms with van der Waals surface area (Å²) >= 11 is 0. The molecule has 1 aliphatic heterocycles. The number of nitrogens with zero attached hydrogens (tertiary/aromatic N) is 1. The number of halogens is 3. The van der Waals surface area contributed by atoms with Crippen molar-refractivity contribution in [1.29, 1.82) is 0 Å². The largest absolute Gasteiger partial charge is 0.471 e. The van der Waals surface area contributed by atoms with Gasteiger partial charge in [-0.25, -0.2) is 9.37 Å². The molecule has 7 nitrogen and oxygen atoms in total. The molecule has 1 saturated carbocycles. The molecule has 1 amide bonds. The molecule has 0 bridgehead atoms. The smallest absolute Gasteiger partial charge is 0.394 e. The number of alkyl halides is 2. The molecule has 0 unspecified atom stereocenters. The van der Waals surface area contributed by atoms with Gasteiger partial charge in [0, 0.05) is 38.4 Å². The first-order valence-electron chi connectivity index (χ1n) is 11.7. The van der Waals surface area contributed by atoms with Gasteiger partial charge in [0.15, 0.2) is 0 Å². The molecule has 0 saturated heterocycles. The second-order valence-electron chi connectivity index (χ2n) is 9.49.